The second kappa shape index (κ2) is 5.33. The van der Waals surface area contributed by atoms with E-state index in [1.807, 2.05) is 0 Å². The number of hydrogen-bond donors (Lipinski definition) is 1. The summed E-state index contributed by atoms with van der Waals surface area (Å²) < 4.78 is 2.66. The van der Waals surface area contributed by atoms with Gasteiger partial charge in [0, 0.05) is 38.9 Å². The van der Waals surface area contributed by atoms with Gasteiger partial charge in [0.15, 0.2) is 0 Å². The second-order valence-electron chi connectivity index (χ2n) is 6.00. The van der Waals surface area contributed by atoms with Gasteiger partial charge < -0.3 is 5.32 Å². The maximum atomic E-state index is 11.8. The van der Waals surface area contributed by atoms with Gasteiger partial charge in [0.25, 0.3) is 5.56 Å². The molecule has 1 aliphatic carbocycles. The average molecular weight is 265 g/mol. The Kier molecular flexibility index (Phi) is 3.94. The van der Waals surface area contributed by atoms with Crippen LogP contribution in [0.15, 0.2) is 15.7 Å². The third-order valence-electron chi connectivity index (χ3n) is 4.29. The summed E-state index contributed by atoms with van der Waals surface area (Å²) >= 11 is 0. The minimum Gasteiger partial charge on any atom is -0.311 e. The smallest absolute Gasteiger partial charge is 0.311 e. The van der Waals surface area contributed by atoms with Crippen LogP contribution in [0.25, 0.3) is 0 Å². The Morgan fingerprint density at radius 3 is 2.47 bits per heavy atom. The predicted molar refractivity (Wildman–Crippen MR) is 75.2 cm³/mol. The van der Waals surface area contributed by atoms with Gasteiger partial charge >= 0.3 is 5.69 Å². The van der Waals surface area contributed by atoms with Gasteiger partial charge in [-0.1, -0.05) is 19.8 Å². The van der Waals surface area contributed by atoms with Crippen molar-refractivity contribution in [1.82, 2.24) is 14.5 Å². The molecule has 0 radical (unpaired) electrons. The number of nitrogens with one attached hydrogen (secondary N) is 1. The van der Waals surface area contributed by atoms with Crippen LogP contribution in [0.1, 0.15) is 38.3 Å². The largest absolute Gasteiger partial charge is 0.330 e. The lowest BCUT2D eigenvalue weighted by Crippen LogP contribution is -2.39. The molecule has 0 unspecified atom stereocenters. The molecule has 0 aliphatic heterocycles. The van der Waals surface area contributed by atoms with E-state index in [1.54, 1.807) is 7.05 Å². The first-order valence-electron chi connectivity index (χ1n) is 6.90. The van der Waals surface area contributed by atoms with Crippen LogP contribution in [-0.2, 0) is 20.6 Å². The molecule has 19 heavy (non-hydrogen) atoms. The van der Waals surface area contributed by atoms with Crippen molar-refractivity contribution in [2.45, 2.75) is 39.2 Å². The molecule has 1 aliphatic rings. The van der Waals surface area contributed by atoms with Gasteiger partial charge in [-0.2, -0.15) is 0 Å². The van der Waals surface area contributed by atoms with Crippen LogP contribution in [0.4, 0.5) is 0 Å². The second-order valence-corrected chi connectivity index (χ2v) is 6.00. The Morgan fingerprint density at radius 1 is 1.21 bits per heavy atom. The predicted octanol–water partition coefficient (Wildman–Crippen LogP) is 0.754. The highest BCUT2D eigenvalue weighted by atomic mass is 16.2. The summed E-state index contributed by atoms with van der Waals surface area (Å²) in [6.07, 6.45) is 5.13. The van der Waals surface area contributed by atoms with E-state index in [4.69, 9.17) is 0 Å². The standard InChI is InChI=1S/C14H23N3O2/c1-14(6-4-5-7-14)10-15-9-11-8-12(18)17(3)13(19)16(11)2/h8,15H,4-7,9-10H2,1-3H3. The Hall–Kier alpha value is -1.36. The number of nitrogens with zero attached hydrogens (tertiary/aromatic N) is 2. The van der Waals surface area contributed by atoms with Gasteiger partial charge in [-0.05, 0) is 18.3 Å². The third kappa shape index (κ3) is 2.97. The first-order chi connectivity index (χ1) is 8.93. The molecule has 1 saturated carbocycles. The molecule has 0 amide bonds. The van der Waals surface area contributed by atoms with Crippen molar-refractivity contribution < 1.29 is 0 Å². The quantitative estimate of drug-likeness (QED) is 0.874. The van der Waals surface area contributed by atoms with Crippen molar-refractivity contribution in [3.05, 3.63) is 32.6 Å². The summed E-state index contributed by atoms with van der Waals surface area (Å²) in [7, 11) is 3.21. The highest BCUT2D eigenvalue weighted by molar-refractivity contribution is 5.02. The highest BCUT2D eigenvalue weighted by Crippen LogP contribution is 2.36. The Bertz CT molecular complexity index is 565. The zero-order chi connectivity index (χ0) is 14.0. The van der Waals surface area contributed by atoms with Gasteiger partial charge in [0.05, 0.1) is 0 Å². The normalized spacial score (nSPS) is 17.8. The molecule has 1 aromatic rings. The van der Waals surface area contributed by atoms with Crippen LogP contribution in [0.2, 0.25) is 0 Å². The summed E-state index contributed by atoms with van der Waals surface area (Å²) in [6.45, 7) is 3.81. The molecule has 5 nitrogen and oxygen atoms in total. The summed E-state index contributed by atoms with van der Waals surface area (Å²) in [6, 6.07) is 1.53. The fourth-order valence-corrected chi connectivity index (χ4v) is 2.85. The summed E-state index contributed by atoms with van der Waals surface area (Å²) in [4.78, 5) is 23.4. The van der Waals surface area contributed by atoms with Gasteiger partial charge in [-0.25, -0.2) is 4.79 Å². The summed E-state index contributed by atoms with van der Waals surface area (Å²) in [5.41, 5.74) is 0.608. The van der Waals surface area contributed by atoms with Crippen LogP contribution in [-0.4, -0.2) is 15.7 Å². The fourth-order valence-electron chi connectivity index (χ4n) is 2.85. The molecule has 5 heteroatoms. The molecule has 0 aromatic carbocycles. The van der Waals surface area contributed by atoms with Crippen LogP contribution >= 0.6 is 0 Å². The Labute approximate surface area is 113 Å². The summed E-state index contributed by atoms with van der Waals surface area (Å²) in [5.74, 6) is 0. The van der Waals surface area contributed by atoms with Crippen molar-refractivity contribution >= 4 is 0 Å². The molecule has 2 rings (SSSR count). The molecule has 0 atom stereocenters. The van der Waals surface area contributed by atoms with E-state index in [1.165, 1.54) is 43.4 Å². The first-order valence-corrected chi connectivity index (χ1v) is 6.90. The molecule has 1 fully saturated rings. The molecule has 1 heterocycles. The molecule has 106 valence electrons. The van der Waals surface area contributed by atoms with Gasteiger partial charge in [0.1, 0.15) is 0 Å². The lowest BCUT2D eigenvalue weighted by Gasteiger charge is -2.24. The van der Waals surface area contributed by atoms with E-state index >= 15 is 0 Å². The fraction of sp³-hybridized carbons (Fsp3) is 0.714. The van der Waals surface area contributed by atoms with Gasteiger partial charge in [-0.3, -0.25) is 13.9 Å². The molecule has 1 N–H and O–H groups in total. The lowest BCUT2D eigenvalue weighted by molar-refractivity contribution is 0.313. The first kappa shape index (κ1) is 14.1. The minimum absolute atomic E-state index is 0.244. The zero-order valence-electron chi connectivity index (χ0n) is 12.0. The van der Waals surface area contributed by atoms with Gasteiger partial charge in [0.2, 0.25) is 0 Å². The van der Waals surface area contributed by atoms with Crippen LogP contribution in [0.3, 0.4) is 0 Å². The van der Waals surface area contributed by atoms with Crippen molar-refractivity contribution in [3.63, 3.8) is 0 Å². The van der Waals surface area contributed by atoms with E-state index in [9.17, 15) is 9.59 Å². The van der Waals surface area contributed by atoms with Crippen molar-refractivity contribution in [1.29, 1.82) is 0 Å². The van der Waals surface area contributed by atoms with E-state index in [0.29, 0.717) is 12.0 Å². The molecular weight excluding hydrogens is 242 g/mol. The molecule has 0 saturated heterocycles. The van der Waals surface area contributed by atoms with Crippen LogP contribution in [0.5, 0.6) is 0 Å². The van der Waals surface area contributed by atoms with E-state index in [0.717, 1.165) is 16.8 Å². The Balaban J connectivity index is 2.04. The number of rotatable bonds is 4. The molecule has 0 spiro atoms. The maximum absolute atomic E-state index is 11.8. The van der Waals surface area contributed by atoms with Crippen LogP contribution in [0, 0.1) is 5.41 Å². The van der Waals surface area contributed by atoms with Crippen molar-refractivity contribution in [3.8, 4) is 0 Å². The maximum Gasteiger partial charge on any atom is 0.330 e. The Morgan fingerprint density at radius 2 is 1.84 bits per heavy atom. The minimum atomic E-state index is -0.267. The van der Waals surface area contributed by atoms with E-state index < -0.39 is 0 Å². The molecule has 1 aromatic heterocycles. The zero-order valence-corrected chi connectivity index (χ0v) is 12.0. The molecule has 0 bridgehead atoms. The van der Waals surface area contributed by atoms with E-state index in [-0.39, 0.29) is 11.2 Å². The third-order valence-corrected chi connectivity index (χ3v) is 4.29. The number of hydrogen-bond acceptors (Lipinski definition) is 3. The SMILES string of the molecule is Cn1c(CNCC2(C)CCCC2)cc(=O)n(C)c1=O. The van der Waals surface area contributed by atoms with Gasteiger partial charge in [-0.15, -0.1) is 0 Å². The summed E-state index contributed by atoms with van der Waals surface area (Å²) in [5, 5.41) is 3.39. The monoisotopic (exact) mass is 265 g/mol. The lowest BCUT2D eigenvalue weighted by atomic mass is 9.89. The highest BCUT2D eigenvalue weighted by Gasteiger charge is 2.27. The van der Waals surface area contributed by atoms with Crippen molar-refractivity contribution in [2.24, 2.45) is 19.5 Å². The number of aromatic nitrogens is 2. The van der Waals surface area contributed by atoms with E-state index in [2.05, 4.69) is 12.2 Å². The van der Waals surface area contributed by atoms with Crippen LogP contribution < -0.4 is 16.6 Å². The van der Waals surface area contributed by atoms with Crippen molar-refractivity contribution in [2.75, 3.05) is 6.54 Å². The average Bonchev–Trinajstić information content (AvgIpc) is 2.80. The molecular formula is C14H23N3O2. The topological polar surface area (TPSA) is 56.0 Å².